The molecular weight excluding hydrogens is 254 g/mol. The van der Waals surface area contributed by atoms with Gasteiger partial charge in [-0.2, -0.15) is 5.10 Å². The van der Waals surface area contributed by atoms with Crippen LogP contribution in [-0.4, -0.2) is 33.9 Å². The molecule has 5 heteroatoms. The predicted octanol–water partition coefficient (Wildman–Crippen LogP) is 1.74. The van der Waals surface area contributed by atoms with Gasteiger partial charge in [-0.25, -0.2) is 0 Å². The molecule has 20 heavy (non-hydrogen) atoms. The minimum absolute atomic E-state index is 0.0750. The van der Waals surface area contributed by atoms with Gasteiger partial charge < -0.3 is 10.4 Å². The molecule has 2 unspecified atom stereocenters. The third-order valence-electron chi connectivity index (χ3n) is 3.95. The molecule has 2 rings (SSSR count). The van der Waals surface area contributed by atoms with Crippen molar-refractivity contribution in [2.45, 2.75) is 58.5 Å². The van der Waals surface area contributed by atoms with Gasteiger partial charge in [-0.05, 0) is 38.0 Å². The van der Waals surface area contributed by atoms with Crippen LogP contribution in [0, 0.1) is 5.41 Å². The topological polar surface area (TPSA) is 78.0 Å². The Kier molecular flexibility index (Phi) is 4.48. The molecule has 0 aromatic carbocycles. The zero-order chi connectivity index (χ0) is 14.8. The zero-order valence-electron chi connectivity index (χ0n) is 12.6. The van der Waals surface area contributed by atoms with E-state index in [4.69, 9.17) is 0 Å². The highest BCUT2D eigenvalue weighted by molar-refractivity contribution is 5.84. The number of H-pyrrole nitrogens is 1. The van der Waals surface area contributed by atoms with E-state index in [2.05, 4.69) is 29.4 Å². The van der Waals surface area contributed by atoms with E-state index in [1.54, 1.807) is 13.1 Å². The van der Waals surface area contributed by atoms with Gasteiger partial charge in [0.2, 0.25) is 5.91 Å². The van der Waals surface area contributed by atoms with Gasteiger partial charge >= 0.3 is 0 Å². The van der Waals surface area contributed by atoms with Crippen molar-refractivity contribution in [3.63, 3.8) is 0 Å². The van der Waals surface area contributed by atoms with Crippen molar-refractivity contribution in [2.24, 2.45) is 5.41 Å². The first-order chi connectivity index (χ1) is 9.39. The maximum absolute atomic E-state index is 12.4. The van der Waals surface area contributed by atoms with Crippen LogP contribution in [0.15, 0.2) is 6.20 Å². The Balaban J connectivity index is 1.94. The van der Waals surface area contributed by atoms with Crippen LogP contribution in [0.5, 0.6) is 0 Å². The average molecular weight is 279 g/mol. The number of aryl methyl sites for hydroxylation is 1. The van der Waals surface area contributed by atoms with Crippen LogP contribution in [0.4, 0.5) is 0 Å². The highest BCUT2D eigenvalue weighted by Crippen LogP contribution is 2.30. The summed E-state index contributed by atoms with van der Waals surface area (Å²) >= 11 is 0. The lowest BCUT2D eigenvalue weighted by atomic mass is 9.84. The average Bonchev–Trinajstić information content (AvgIpc) is 2.82. The van der Waals surface area contributed by atoms with Gasteiger partial charge in [-0.3, -0.25) is 9.89 Å². The molecular formula is C15H25N3O2. The highest BCUT2D eigenvalue weighted by atomic mass is 16.3. The molecule has 0 saturated heterocycles. The summed E-state index contributed by atoms with van der Waals surface area (Å²) in [6.07, 6.45) is 4.98. The Morgan fingerprint density at radius 2 is 2.40 bits per heavy atom. The van der Waals surface area contributed by atoms with Crippen LogP contribution in [0.1, 0.15) is 57.2 Å². The highest BCUT2D eigenvalue weighted by Gasteiger charge is 2.29. The molecule has 0 bridgehead atoms. The summed E-state index contributed by atoms with van der Waals surface area (Å²) < 4.78 is 0. The fourth-order valence-electron chi connectivity index (χ4n) is 3.05. The number of hydrogen-bond donors (Lipinski definition) is 3. The molecule has 112 valence electrons. The van der Waals surface area contributed by atoms with E-state index in [0.717, 1.165) is 30.5 Å². The largest absolute Gasteiger partial charge is 0.393 e. The first-order valence-electron chi connectivity index (χ1n) is 7.37. The second kappa shape index (κ2) is 5.95. The number of carbonyl (C=O) groups is 1. The molecule has 1 aliphatic carbocycles. The second-order valence-electron chi connectivity index (χ2n) is 6.68. The molecule has 1 aromatic heterocycles. The predicted molar refractivity (Wildman–Crippen MR) is 77.4 cm³/mol. The molecule has 3 N–H and O–H groups in total. The summed E-state index contributed by atoms with van der Waals surface area (Å²) in [4.78, 5) is 12.4. The van der Waals surface area contributed by atoms with Crippen LogP contribution in [0.25, 0.3) is 0 Å². The molecule has 0 saturated carbocycles. The van der Waals surface area contributed by atoms with Crippen molar-refractivity contribution in [2.75, 3.05) is 6.54 Å². The van der Waals surface area contributed by atoms with Crippen molar-refractivity contribution < 1.29 is 9.90 Å². The van der Waals surface area contributed by atoms with Gasteiger partial charge in [0, 0.05) is 17.8 Å². The Hall–Kier alpha value is -1.36. The number of fused-ring (bicyclic) bond motifs is 1. The molecule has 0 fully saturated rings. The maximum atomic E-state index is 12.4. The van der Waals surface area contributed by atoms with Crippen molar-refractivity contribution in [3.05, 3.63) is 17.5 Å². The first-order valence-corrected chi connectivity index (χ1v) is 7.37. The Labute approximate surface area is 120 Å². The number of nitrogens with zero attached hydrogens (tertiary/aromatic N) is 1. The lowest BCUT2D eigenvalue weighted by molar-refractivity contribution is -0.123. The van der Waals surface area contributed by atoms with E-state index >= 15 is 0 Å². The Morgan fingerprint density at radius 1 is 1.65 bits per heavy atom. The van der Waals surface area contributed by atoms with Crippen LogP contribution in [0.3, 0.4) is 0 Å². The van der Waals surface area contributed by atoms with Gasteiger partial charge in [0.05, 0.1) is 18.2 Å². The second-order valence-corrected chi connectivity index (χ2v) is 6.68. The van der Waals surface area contributed by atoms with Crippen molar-refractivity contribution in [1.29, 1.82) is 0 Å². The summed E-state index contributed by atoms with van der Waals surface area (Å²) in [5.74, 6) is -0.00846. The van der Waals surface area contributed by atoms with E-state index in [0.29, 0.717) is 13.0 Å². The lowest BCUT2D eigenvalue weighted by Gasteiger charge is -2.28. The fraction of sp³-hybridized carbons (Fsp3) is 0.733. The number of hydrogen-bond acceptors (Lipinski definition) is 3. The van der Waals surface area contributed by atoms with Crippen LogP contribution < -0.4 is 5.32 Å². The van der Waals surface area contributed by atoms with Crippen molar-refractivity contribution >= 4 is 5.91 Å². The number of amides is 1. The first kappa shape index (κ1) is 15.0. The van der Waals surface area contributed by atoms with Crippen LogP contribution >= 0.6 is 0 Å². The molecule has 0 spiro atoms. The standard InChI is InChI=1S/C15H25N3O2/c1-10(19)7-15(2,3)9-16-14(20)11-5-4-6-13-12(11)8-17-18-13/h8,10-11,19H,4-7,9H2,1-3H3,(H,16,20)(H,17,18). The number of aromatic amines is 1. The van der Waals surface area contributed by atoms with Crippen LogP contribution in [-0.2, 0) is 11.2 Å². The third-order valence-corrected chi connectivity index (χ3v) is 3.95. The van der Waals surface area contributed by atoms with Gasteiger partial charge in [0.15, 0.2) is 0 Å². The van der Waals surface area contributed by atoms with E-state index in [-0.39, 0.29) is 23.3 Å². The molecule has 5 nitrogen and oxygen atoms in total. The quantitative estimate of drug-likeness (QED) is 0.768. The molecule has 0 aliphatic heterocycles. The van der Waals surface area contributed by atoms with Crippen molar-refractivity contribution in [1.82, 2.24) is 15.5 Å². The minimum atomic E-state index is -0.350. The van der Waals surface area contributed by atoms with Crippen molar-refractivity contribution in [3.8, 4) is 0 Å². The molecule has 1 aromatic rings. The Bertz CT molecular complexity index is 465. The van der Waals surface area contributed by atoms with Gasteiger partial charge in [0.1, 0.15) is 0 Å². The third kappa shape index (κ3) is 3.60. The zero-order valence-corrected chi connectivity index (χ0v) is 12.6. The summed E-state index contributed by atoms with van der Waals surface area (Å²) in [7, 11) is 0. The normalized spacial score (nSPS) is 20.3. The summed E-state index contributed by atoms with van der Waals surface area (Å²) in [6, 6.07) is 0. The number of aliphatic hydroxyl groups excluding tert-OH is 1. The smallest absolute Gasteiger partial charge is 0.227 e. The van der Waals surface area contributed by atoms with Gasteiger partial charge in [-0.1, -0.05) is 13.8 Å². The molecule has 1 amide bonds. The fourth-order valence-corrected chi connectivity index (χ4v) is 3.05. The number of rotatable bonds is 5. The SMILES string of the molecule is CC(O)CC(C)(C)CNC(=O)C1CCCc2[nH]ncc21. The number of aliphatic hydroxyl groups is 1. The van der Waals surface area contributed by atoms with E-state index in [1.807, 2.05) is 0 Å². The van der Waals surface area contributed by atoms with E-state index < -0.39 is 0 Å². The Morgan fingerprint density at radius 3 is 3.10 bits per heavy atom. The van der Waals surface area contributed by atoms with Crippen LogP contribution in [0.2, 0.25) is 0 Å². The molecule has 2 atom stereocenters. The number of carbonyl (C=O) groups excluding carboxylic acids is 1. The van der Waals surface area contributed by atoms with E-state index in [1.165, 1.54) is 0 Å². The lowest BCUT2D eigenvalue weighted by Crippen LogP contribution is -2.38. The number of nitrogens with one attached hydrogen (secondary N) is 2. The van der Waals surface area contributed by atoms with Gasteiger partial charge in [0.25, 0.3) is 0 Å². The molecule has 1 heterocycles. The molecule has 0 radical (unpaired) electrons. The monoisotopic (exact) mass is 279 g/mol. The summed E-state index contributed by atoms with van der Waals surface area (Å²) in [5, 5.41) is 19.5. The number of aromatic nitrogens is 2. The maximum Gasteiger partial charge on any atom is 0.227 e. The summed E-state index contributed by atoms with van der Waals surface area (Å²) in [5.41, 5.74) is 2.04. The molecule has 1 aliphatic rings. The van der Waals surface area contributed by atoms with Gasteiger partial charge in [-0.15, -0.1) is 0 Å². The summed E-state index contributed by atoms with van der Waals surface area (Å²) in [6.45, 7) is 6.48. The minimum Gasteiger partial charge on any atom is -0.393 e. The van der Waals surface area contributed by atoms with E-state index in [9.17, 15) is 9.90 Å².